The highest BCUT2D eigenvalue weighted by Gasteiger charge is 1.98. The molecular weight excluding hydrogens is 300 g/mol. The summed E-state index contributed by atoms with van der Waals surface area (Å²) in [4.78, 5) is 10.8. The second-order valence-electron chi connectivity index (χ2n) is 4.32. The van der Waals surface area contributed by atoms with Crippen LogP contribution in [0.3, 0.4) is 0 Å². The molecule has 0 aliphatic heterocycles. The maximum atomic E-state index is 10.8. The number of halogens is 1. The van der Waals surface area contributed by atoms with Crippen molar-refractivity contribution >= 4 is 23.6 Å². The largest absolute Gasteiger partial charge is 0.466 e. The fourth-order valence-corrected chi connectivity index (χ4v) is 1.78. The molecule has 0 aliphatic rings. The number of ether oxygens (including phenoxy) is 1. The van der Waals surface area contributed by atoms with Crippen molar-refractivity contribution in [3.8, 4) is 5.69 Å². The molecule has 1 aromatic carbocycles. The number of aromatic nitrogens is 2. The summed E-state index contributed by atoms with van der Waals surface area (Å²) < 4.78 is 6.26. The van der Waals surface area contributed by atoms with Gasteiger partial charge in [-0.15, -0.1) is 0 Å². The molecule has 0 saturated heterocycles. The van der Waals surface area contributed by atoms with Gasteiger partial charge in [0.05, 0.1) is 19.0 Å². The molecule has 0 unspecified atom stereocenters. The molecule has 0 radical (unpaired) electrons. The van der Waals surface area contributed by atoms with Gasteiger partial charge in [0.15, 0.2) is 0 Å². The summed E-state index contributed by atoms with van der Waals surface area (Å²) in [5.74, 6) is -0.377. The zero-order valence-corrected chi connectivity index (χ0v) is 12.8. The highest BCUT2D eigenvalue weighted by molar-refractivity contribution is 6.30. The normalized spacial score (nSPS) is 11.7. The number of hydrogen-bond acceptors (Lipinski definition) is 3. The van der Waals surface area contributed by atoms with Crippen LogP contribution in [0.15, 0.2) is 67.0 Å². The molecule has 2 aromatic rings. The molecule has 112 valence electrons. The van der Waals surface area contributed by atoms with Crippen LogP contribution in [0, 0.1) is 0 Å². The Hall–Kier alpha value is -2.59. The van der Waals surface area contributed by atoms with Crippen molar-refractivity contribution in [3.05, 3.63) is 77.6 Å². The summed E-state index contributed by atoms with van der Waals surface area (Å²) in [6.45, 7) is 0. The molecule has 22 heavy (non-hydrogen) atoms. The first-order valence-electron chi connectivity index (χ1n) is 6.59. The van der Waals surface area contributed by atoms with E-state index in [4.69, 9.17) is 11.6 Å². The standard InChI is InChI=1S/C17H15ClN2O2/c1-22-17(21)7-5-3-2-4-6-14-12-19-20(13-14)16-10-8-15(18)9-11-16/h2-13H,1H3/b3-2+,6-4+,7-5+. The van der Waals surface area contributed by atoms with Crippen LogP contribution < -0.4 is 0 Å². The van der Waals surface area contributed by atoms with Gasteiger partial charge in [-0.05, 0) is 24.3 Å². The fourth-order valence-electron chi connectivity index (χ4n) is 1.65. The third-order valence-corrected chi connectivity index (χ3v) is 3.00. The Kier molecular flexibility index (Phi) is 5.74. The monoisotopic (exact) mass is 314 g/mol. The molecule has 0 amide bonds. The summed E-state index contributed by atoms with van der Waals surface area (Å²) >= 11 is 5.86. The van der Waals surface area contributed by atoms with Crippen LogP contribution in [0.1, 0.15) is 5.56 Å². The van der Waals surface area contributed by atoms with Crippen LogP contribution in [-0.2, 0) is 9.53 Å². The lowest BCUT2D eigenvalue weighted by molar-refractivity contribution is -0.134. The van der Waals surface area contributed by atoms with Crippen molar-refractivity contribution in [2.75, 3.05) is 7.11 Å². The number of rotatable bonds is 5. The molecule has 0 aliphatic carbocycles. The molecule has 0 saturated carbocycles. The average Bonchev–Trinajstić information content (AvgIpc) is 3.00. The predicted molar refractivity (Wildman–Crippen MR) is 87.9 cm³/mol. The summed E-state index contributed by atoms with van der Waals surface area (Å²) in [6.07, 6.45) is 14.0. The minimum Gasteiger partial charge on any atom is -0.466 e. The molecule has 0 atom stereocenters. The SMILES string of the molecule is COC(=O)/C=C/C=C/C=C/c1cnn(-c2ccc(Cl)cc2)c1. The summed E-state index contributed by atoms with van der Waals surface area (Å²) in [5, 5.41) is 4.98. The number of hydrogen-bond donors (Lipinski definition) is 0. The maximum absolute atomic E-state index is 10.8. The first kappa shape index (κ1) is 15.8. The van der Waals surface area contributed by atoms with Crippen LogP contribution in [0.25, 0.3) is 11.8 Å². The van der Waals surface area contributed by atoms with Crippen molar-refractivity contribution in [2.24, 2.45) is 0 Å². The van der Waals surface area contributed by atoms with Crippen molar-refractivity contribution in [2.45, 2.75) is 0 Å². The molecule has 5 heteroatoms. The molecule has 0 fully saturated rings. The smallest absolute Gasteiger partial charge is 0.330 e. The number of carbonyl (C=O) groups is 1. The first-order valence-corrected chi connectivity index (χ1v) is 6.97. The van der Waals surface area contributed by atoms with E-state index >= 15 is 0 Å². The van der Waals surface area contributed by atoms with Gasteiger partial charge in [-0.3, -0.25) is 0 Å². The van der Waals surface area contributed by atoms with Crippen molar-refractivity contribution in [1.29, 1.82) is 0 Å². The van der Waals surface area contributed by atoms with Crippen LogP contribution in [0.5, 0.6) is 0 Å². The van der Waals surface area contributed by atoms with E-state index in [9.17, 15) is 4.79 Å². The lowest BCUT2D eigenvalue weighted by atomic mass is 10.3. The second kappa shape index (κ2) is 8.00. The van der Waals surface area contributed by atoms with Crippen LogP contribution in [0.2, 0.25) is 5.02 Å². The van der Waals surface area contributed by atoms with Gasteiger partial charge in [0.25, 0.3) is 0 Å². The van der Waals surface area contributed by atoms with Gasteiger partial charge < -0.3 is 4.74 Å². The Morgan fingerprint density at radius 3 is 2.64 bits per heavy atom. The third kappa shape index (κ3) is 4.75. The third-order valence-electron chi connectivity index (χ3n) is 2.75. The van der Waals surface area contributed by atoms with Crippen LogP contribution in [-0.4, -0.2) is 22.9 Å². The number of carbonyl (C=O) groups excluding carboxylic acids is 1. The van der Waals surface area contributed by atoms with Gasteiger partial charge in [-0.25, -0.2) is 9.48 Å². The minimum atomic E-state index is -0.377. The molecule has 2 rings (SSSR count). The number of allylic oxidation sites excluding steroid dienone is 4. The molecule has 0 N–H and O–H groups in total. The lowest BCUT2D eigenvalue weighted by Gasteiger charge is -1.99. The topological polar surface area (TPSA) is 44.1 Å². The quantitative estimate of drug-likeness (QED) is 0.478. The molecule has 1 heterocycles. The van der Waals surface area contributed by atoms with Crippen LogP contribution in [0.4, 0.5) is 0 Å². The van der Waals surface area contributed by atoms with Gasteiger partial charge in [0.1, 0.15) is 0 Å². The molecular formula is C17H15ClN2O2. The van der Waals surface area contributed by atoms with Gasteiger partial charge in [-0.2, -0.15) is 5.10 Å². The van der Waals surface area contributed by atoms with Gasteiger partial charge in [-0.1, -0.05) is 42.0 Å². The Balaban J connectivity index is 1.96. The van der Waals surface area contributed by atoms with Crippen molar-refractivity contribution in [1.82, 2.24) is 9.78 Å². The van der Waals surface area contributed by atoms with Gasteiger partial charge >= 0.3 is 5.97 Å². The number of benzene rings is 1. The van der Waals surface area contributed by atoms with E-state index in [0.717, 1.165) is 11.3 Å². The lowest BCUT2D eigenvalue weighted by Crippen LogP contribution is -1.92. The maximum Gasteiger partial charge on any atom is 0.330 e. The Morgan fingerprint density at radius 2 is 1.91 bits per heavy atom. The number of nitrogens with zero attached hydrogens (tertiary/aromatic N) is 2. The van der Waals surface area contributed by atoms with E-state index in [1.54, 1.807) is 23.0 Å². The summed E-state index contributed by atoms with van der Waals surface area (Å²) in [5.41, 5.74) is 1.91. The zero-order valence-electron chi connectivity index (χ0n) is 12.0. The van der Waals surface area contributed by atoms with E-state index in [2.05, 4.69) is 9.84 Å². The fraction of sp³-hybridized carbons (Fsp3) is 0.0588. The Morgan fingerprint density at radius 1 is 1.18 bits per heavy atom. The van der Waals surface area contributed by atoms with Gasteiger partial charge in [0, 0.05) is 22.9 Å². The molecule has 0 bridgehead atoms. The van der Waals surface area contributed by atoms with Gasteiger partial charge in [0.2, 0.25) is 0 Å². The minimum absolute atomic E-state index is 0.377. The number of esters is 1. The second-order valence-corrected chi connectivity index (χ2v) is 4.76. The summed E-state index contributed by atoms with van der Waals surface area (Å²) in [6, 6.07) is 7.45. The molecule has 1 aromatic heterocycles. The van der Waals surface area contributed by atoms with Crippen molar-refractivity contribution in [3.63, 3.8) is 0 Å². The van der Waals surface area contributed by atoms with E-state index in [0.29, 0.717) is 5.02 Å². The van der Waals surface area contributed by atoms with E-state index in [1.165, 1.54) is 13.2 Å². The molecule has 4 nitrogen and oxygen atoms in total. The Bertz CT molecular complexity index is 713. The van der Waals surface area contributed by atoms with Crippen LogP contribution >= 0.6 is 11.6 Å². The van der Waals surface area contributed by atoms with E-state index in [1.807, 2.05) is 48.7 Å². The van der Waals surface area contributed by atoms with E-state index in [-0.39, 0.29) is 5.97 Å². The highest BCUT2D eigenvalue weighted by Crippen LogP contribution is 2.13. The zero-order chi connectivity index (χ0) is 15.8. The predicted octanol–water partition coefficient (Wildman–Crippen LogP) is 3.82. The summed E-state index contributed by atoms with van der Waals surface area (Å²) in [7, 11) is 1.34. The number of methoxy groups -OCH3 is 1. The average molecular weight is 315 g/mol. The Labute approximate surface area is 134 Å². The van der Waals surface area contributed by atoms with E-state index < -0.39 is 0 Å². The highest BCUT2D eigenvalue weighted by atomic mass is 35.5. The first-order chi connectivity index (χ1) is 10.7. The molecule has 0 spiro atoms. The van der Waals surface area contributed by atoms with Crippen molar-refractivity contribution < 1.29 is 9.53 Å².